The quantitative estimate of drug-likeness (QED) is 0.660. The van der Waals surface area contributed by atoms with Crippen LogP contribution in [0.1, 0.15) is 52.8 Å². The van der Waals surface area contributed by atoms with Gasteiger partial charge in [-0.25, -0.2) is 0 Å². The second-order valence-corrected chi connectivity index (χ2v) is 7.79. The summed E-state index contributed by atoms with van der Waals surface area (Å²) in [7, 11) is 0. The van der Waals surface area contributed by atoms with E-state index in [1.54, 1.807) is 48.5 Å². The highest BCUT2D eigenvalue weighted by atomic mass is 79.9. The minimum absolute atomic E-state index is 0.0541. The van der Waals surface area contributed by atoms with Gasteiger partial charge in [-0.1, -0.05) is 40.2 Å². The highest BCUT2D eigenvalue weighted by molar-refractivity contribution is 9.10. The third-order valence-electron chi connectivity index (χ3n) is 4.82. The van der Waals surface area contributed by atoms with E-state index in [1.807, 2.05) is 4.90 Å². The fraction of sp³-hybridized carbons (Fsp3) is 0.318. The summed E-state index contributed by atoms with van der Waals surface area (Å²) in [5, 5.41) is 2.80. The van der Waals surface area contributed by atoms with E-state index in [-0.39, 0.29) is 30.4 Å². The lowest BCUT2D eigenvalue weighted by atomic mass is 10.1. The van der Waals surface area contributed by atoms with Crippen molar-refractivity contribution in [2.24, 2.45) is 0 Å². The Kier molecular flexibility index (Phi) is 6.98. The van der Waals surface area contributed by atoms with Crippen molar-refractivity contribution in [2.75, 3.05) is 18.4 Å². The number of nitrogens with zero attached hydrogens (tertiary/aromatic N) is 1. The molecule has 0 unspecified atom stereocenters. The number of Topliss-reactive ketones (excluding diaryl/α,β-unsaturated/α-hetero) is 1. The molecule has 1 N–H and O–H groups in total. The maximum atomic E-state index is 12.8. The average Bonchev–Trinajstić information content (AvgIpc) is 2.73. The first-order chi connectivity index (χ1) is 13.5. The number of anilines is 1. The third-order valence-corrected chi connectivity index (χ3v) is 5.35. The Morgan fingerprint density at radius 3 is 2.29 bits per heavy atom. The van der Waals surface area contributed by atoms with Gasteiger partial charge >= 0.3 is 0 Å². The molecule has 28 heavy (non-hydrogen) atoms. The number of ketones is 1. The number of likely N-dealkylation sites (tertiary alicyclic amines) is 1. The Labute approximate surface area is 173 Å². The van der Waals surface area contributed by atoms with Crippen LogP contribution in [0, 0.1) is 0 Å². The molecule has 0 radical (unpaired) electrons. The average molecular weight is 443 g/mol. The number of piperidine rings is 1. The smallest absolute Gasteiger partial charge is 0.255 e. The van der Waals surface area contributed by atoms with Crippen LogP contribution >= 0.6 is 15.9 Å². The Balaban J connectivity index is 1.60. The van der Waals surface area contributed by atoms with Gasteiger partial charge in [0.15, 0.2) is 5.78 Å². The fourth-order valence-corrected chi connectivity index (χ4v) is 3.53. The summed E-state index contributed by atoms with van der Waals surface area (Å²) in [6, 6.07) is 14.1. The zero-order valence-electron chi connectivity index (χ0n) is 15.6. The molecule has 146 valence electrons. The Hall–Kier alpha value is -2.47. The van der Waals surface area contributed by atoms with Crippen LogP contribution in [0.3, 0.4) is 0 Å². The molecule has 0 saturated carbocycles. The van der Waals surface area contributed by atoms with Crippen molar-refractivity contribution in [3.63, 3.8) is 0 Å². The van der Waals surface area contributed by atoms with Crippen LogP contribution in [0.4, 0.5) is 5.69 Å². The standard InChI is InChI=1S/C22H23BrN2O3/c23-17-10-8-16(9-11-17)20(26)12-13-21(27)24-19-7-3-2-6-18(19)22(28)25-14-4-1-5-15-25/h2-3,6-11H,1,4-5,12-15H2,(H,24,27). The number of carbonyl (C=O) groups is 3. The van der Waals surface area contributed by atoms with Crippen molar-refractivity contribution in [2.45, 2.75) is 32.1 Å². The Bertz CT molecular complexity index is 858. The minimum Gasteiger partial charge on any atom is -0.339 e. The van der Waals surface area contributed by atoms with Gasteiger partial charge in [0.25, 0.3) is 5.91 Å². The summed E-state index contributed by atoms with van der Waals surface area (Å²) in [5.41, 5.74) is 1.58. The fourth-order valence-electron chi connectivity index (χ4n) is 3.27. The van der Waals surface area contributed by atoms with E-state index in [0.717, 1.165) is 36.8 Å². The van der Waals surface area contributed by atoms with Crippen LogP contribution in [-0.4, -0.2) is 35.6 Å². The van der Waals surface area contributed by atoms with Gasteiger partial charge < -0.3 is 10.2 Å². The molecule has 1 aliphatic rings. The van der Waals surface area contributed by atoms with Crippen molar-refractivity contribution in [1.82, 2.24) is 4.90 Å². The van der Waals surface area contributed by atoms with E-state index in [2.05, 4.69) is 21.2 Å². The summed E-state index contributed by atoms with van der Waals surface area (Å²) in [6.07, 6.45) is 3.36. The van der Waals surface area contributed by atoms with Gasteiger partial charge in [-0.05, 0) is 43.5 Å². The number of carbonyl (C=O) groups excluding carboxylic acids is 3. The molecule has 2 aromatic rings. The Morgan fingerprint density at radius 2 is 1.57 bits per heavy atom. The summed E-state index contributed by atoms with van der Waals surface area (Å²) in [5.74, 6) is -0.411. The lowest BCUT2D eigenvalue weighted by Crippen LogP contribution is -2.36. The molecule has 2 aromatic carbocycles. The SMILES string of the molecule is O=C(CCC(=O)c1ccc(Br)cc1)Nc1ccccc1C(=O)N1CCCCC1. The Morgan fingerprint density at radius 1 is 0.893 bits per heavy atom. The monoisotopic (exact) mass is 442 g/mol. The van der Waals surface area contributed by atoms with E-state index >= 15 is 0 Å². The minimum atomic E-state index is -0.274. The van der Waals surface area contributed by atoms with Gasteiger partial charge in [0.1, 0.15) is 0 Å². The number of hydrogen-bond donors (Lipinski definition) is 1. The van der Waals surface area contributed by atoms with Gasteiger partial charge in [0, 0.05) is 36.0 Å². The van der Waals surface area contributed by atoms with E-state index in [1.165, 1.54) is 0 Å². The summed E-state index contributed by atoms with van der Waals surface area (Å²) < 4.78 is 0.900. The van der Waals surface area contributed by atoms with Crippen LogP contribution < -0.4 is 5.32 Å². The van der Waals surface area contributed by atoms with Crippen LogP contribution in [0.25, 0.3) is 0 Å². The number of para-hydroxylation sites is 1. The predicted octanol–water partition coefficient (Wildman–Crippen LogP) is 4.68. The first-order valence-electron chi connectivity index (χ1n) is 9.51. The molecule has 3 rings (SSSR count). The third kappa shape index (κ3) is 5.29. The lowest BCUT2D eigenvalue weighted by Gasteiger charge is -2.27. The molecular formula is C22H23BrN2O3. The van der Waals surface area contributed by atoms with Gasteiger partial charge in [-0.3, -0.25) is 14.4 Å². The number of amides is 2. The topological polar surface area (TPSA) is 66.5 Å². The predicted molar refractivity (Wildman–Crippen MR) is 113 cm³/mol. The number of rotatable bonds is 6. The summed E-state index contributed by atoms with van der Waals surface area (Å²) in [4.78, 5) is 39.2. The number of benzene rings is 2. The molecule has 1 fully saturated rings. The van der Waals surface area contributed by atoms with E-state index in [0.29, 0.717) is 16.8 Å². The van der Waals surface area contributed by atoms with Gasteiger partial charge in [-0.2, -0.15) is 0 Å². The van der Waals surface area contributed by atoms with E-state index < -0.39 is 0 Å². The molecule has 6 heteroatoms. The normalized spacial score (nSPS) is 13.8. The van der Waals surface area contributed by atoms with Crippen molar-refractivity contribution in [1.29, 1.82) is 0 Å². The number of hydrogen-bond acceptors (Lipinski definition) is 3. The molecule has 0 atom stereocenters. The van der Waals surface area contributed by atoms with Crippen LogP contribution in [0.15, 0.2) is 53.0 Å². The molecule has 5 nitrogen and oxygen atoms in total. The highest BCUT2D eigenvalue weighted by Gasteiger charge is 2.21. The lowest BCUT2D eigenvalue weighted by molar-refractivity contribution is -0.116. The molecule has 2 amide bonds. The largest absolute Gasteiger partial charge is 0.339 e. The number of halogens is 1. The highest BCUT2D eigenvalue weighted by Crippen LogP contribution is 2.20. The molecular weight excluding hydrogens is 420 g/mol. The molecule has 0 spiro atoms. The first kappa shape index (κ1) is 20.3. The maximum Gasteiger partial charge on any atom is 0.255 e. The summed E-state index contributed by atoms with van der Waals surface area (Å²) in [6.45, 7) is 1.51. The zero-order valence-corrected chi connectivity index (χ0v) is 17.2. The van der Waals surface area contributed by atoms with E-state index in [4.69, 9.17) is 0 Å². The molecule has 0 aromatic heterocycles. The van der Waals surface area contributed by atoms with Gasteiger partial charge in [0.05, 0.1) is 11.3 Å². The van der Waals surface area contributed by atoms with Gasteiger partial charge in [0.2, 0.25) is 5.91 Å². The molecule has 0 bridgehead atoms. The van der Waals surface area contributed by atoms with Crippen molar-refractivity contribution in [3.8, 4) is 0 Å². The van der Waals surface area contributed by atoms with Crippen LogP contribution in [0.2, 0.25) is 0 Å². The zero-order chi connectivity index (χ0) is 19.9. The van der Waals surface area contributed by atoms with Crippen molar-refractivity contribution >= 4 is 39.2 Å². The number of nitrogens with one attached hydrogen (secondary N) is 1. The first-order valence-corrected chi connectivity index (χ1v) is 10.3. The second kappa shape index (κ2) is 9.64. The molecule has 1 saturated heterocycles. The molecule has 1 heterocycles. The van der Waals surface area contributed by atoms with Gasteiger partial charge in [-0.15, -0.1) is 0 Å². The molecule has 1 aliphatic heterocycles. The van der Waals surface area contributed by atoms with E-state index in [9.17, 15) is 14.4 Å². The maximum absolute atomic E-state index is 12.8. The second-order valence-electron chi connectivity index (χ2n) is 6.88. The molecule has 0 aliphatic carbocycles. The van der Waals surface area contributed by atoms with Crippen LogP contribution in [0.5, 0.6) is 0 Å². The van der Waals surface area contributed by atoms with Crippen LogP contribution in [-0.2, 0) is 4.79 Å². The van der Waals surface area contributed by atoms with Crippen molar-refractivity contribution < 1.29 is 14.4 Å². The van der Waals surface area contributed by atoms with Crippen molar-refractivity contribution in [3.05, 3.63) is 64.1 Å². The summed E-state index contributed by atoms with van der Waals surface area (Å²) >= 11 is 3.33.